The molecule has 2 unspecified atom stereocenters. The van der Waals surface area contributed by atoms with E-state index in [4.69, 9.17) is 4.74 Å². The highest BCUT2D eigenvalue weighted by atomic mass is 16.5. The van der Waals surface area contributed by atoms with Gasteiger partial charge < -0.3 is 10.1 Å². The van der Waals surface area contributed by atoms with Crippen LogP contribution < -0.4 is 5.32 Å². The molecule has 0 aromatic rings. The first kappa shape index (κ1) is 14.9. The first-order valence-electron chi connectivity index (χ1n) is 6.98. The van der Waals surface area contributed by atoms with Crippen molar-refractivity contribution < 1.29 is 4.74 Å². The van der Waals surface area contributed by atoms with Crippen molar-refractivity contribution in [1.29, 1.82) is 0 Å². The SMILES string of the molecule is CCOCCN(C)C1CCCC(C)(C)C1NC. The molecule has 102 valence electrons. The molecular formula is C14H30N2O. The van der Waals surface area contributed by atoms with Crippen LogP contribution in [-0.2, 0) is 4.74 Å². The van der Waals surface area contributed by atoms with Crippen molar-refractivity contribution in [3.8, 4) is 0 Å². The third-order valence-electron chi connectivity index (χ3n) is 4.22. The van der Waals surface area contributed by atoms with E-state index >= 15 is 0 Å². The summed E-state index contributed by atoms with van der Waals surface area (Å²) in [6.45, 7) is 9.53. The number of hydrogen-bond acceptors (Lipinski definition) is 3. The van der Waals surface area contributed by atoms with Crippen molar-refractivity contribution in [2.75, 3.05) is 33.9 Å². The molecule has 1 aliphatic carbocycles. The second-order valence-electron chi connectivity index (χ2n) is 5.89. The molecule has 3 nitrogen and oxygen atoms in total. The lowest BCUT2D eigenvalue weighted by Gasteiger charge is -2.47. The minimum atomic E-state index is 0.400. The van der Waals surface area contributed by atoms with Crippen molar-refractivity contribution in [2.45, 2.75) is 52.1 Å². The molecular weight excluding hydrogens is 212 g/mol. The fourth-order valence-electron chi connectivity index (χ4n) is 3.19. The van der Waals surface area contributed by atoms with E-state index in [1.807, 2.05) is 0 Å². The van der Waals surface area contributed by atoms with Gasteiger partial charge in [0.25, 0.3) is 0 Å². The van der Waals surface area contributed by atoms with Gasteiger partial charge >= 0.3 is 0 Å². The molecule has 0 aromatic heterocycles. The zero-order valence-corrected chi connectivity index (χ0v) is 12.3. The largest absolute Gasteiger partial charge is 0.380 e. The lowest BCUT2D eigenvalue weighted by atomic mass is 9.70. The predicted molar refractivity (Wildman–Crippen MR) is 73.4 cm³/mol. The Morgan fingerprint density at radius 1 is 1.41 bits per heavy atom. The number of hydrogen-bond donors (Lipinski definition) is 1. The second-order valence-corrected chi connectivity index (χ2v) is 5.89. The van der Waals surface area contributed by atoms with E-state index in [-0.39, 0.29) is 0 Å². The summed E-state index contributed by atoms with van der Waals surface area (Å²) in [4.78, 5) is 2.47. The maximum Gasteiger partial charge on any atom is 0.0593 e. The first-order chi connectivity index (χ1) is 8.03. The molecule has 1 fully saturated rings. The van der Waals surface area contributed by atoms with Gasteiger partial charge in [-0.2, -0.15) is 0 Å². The smallest absolute Gasteiger partial charge is 0.0593 e. The number of likely N-dealkylation sites (N-methyl/N-ethyl adjacent to an activating group) is 2. The van der Waals surface area contributed by atoms with E-state index in [9.17, 15) is 0 Å². The van der Waals surface area contributed by atoms with Crippen LogP contribution in [0, 0.1) is 5.41 Å². The van der Waals surface area contributed by atoms with Crippen LogP contribution >= 0.6 is 0 Å². The molecule has 0 heterocycles. The van der Waals surface area contributed by atoms with Gasteiger partial charge in [-0.05, 0) is 39.3 Å². The maximum atomic E-state index is 5.45. The number of ether oxygens (including phenoxy) is 1. The van der Waals surface area contributed by atoms with Gasteiger partial charge in [-0.25, -0.2) is 0 Å². The molecule has 1 aliphatic rings. The van der Waals surface area contributed by atoms with E-state index in [1.165, 1.54) is 19.3 Å². The molecule has 3 heteroatoms. The molecule has 17 heavy (non-hydrogen) atoms. The molecule has 0 aromatic carbocycles. The normalized spacial score (nSPS) is 28.6. The quantitative estimate of drug-likeness (QED) is 0.722. The Labute approximate surface area is 107 Å². The predicted octanol–water partition coefficient (Wildman–Crippen LogP) is 2.12. The van der Waals surface area contributed by atoms with Gasteiger partial charge in [-0.15, -0.1) is 0 Å². The monoisotopic (exact) mass is 242 g/mol. The highest BCUT2D eigenvalue weighted by Crippen LogP contribution is 2.37. The summed E-state index contributed by atoms with van der Waals surface area (Å²) < 4.78 is 5.45. The standard InChI is InChI=1S/C14H30N2O/c1-6-17-11-10-16(5)12-8-7-9-14(2,3)13(12)15-4/h12-13,15H,6-11H2,1-5H3. The van der Waals surface area contributed by atoms with Gasteiger partial charge in [0.1, 0.15) is 0 Å². The molecule has 0 aliphatic heterocycles. The van der Waals surface area contributed by atoms with Crippen molar-refractivity contribution >= 4 is 0 Å². The van der Waals surface area contributed by atoms with Crippen LogP contribution in [0.4, 0.5) is 0 Å². The number of nitrogens with zero attached hydrogens (tertiary/aromatic N) is 1. The lowest BCUT2D eigenvalue weighted by Crippen LogP contribution is -2.57. The van der Waals surface area contributed by atoms with E-state index in [0.29, 0.717) is 17.5 Å². The van der Waals surface area contributed by atoms with Gasteiger partial charge in [-0.1, -0.05) is 20.3 Å². The molecule has 1 N–H and O–H groups in total. The van der Waals surface area contributed by atoms with Gasteiger partial charge in [0.15, 0.2) is 0 Å². The van der Waals surface area contributed by atoms with Crippen LogP contribution in [0.2, 0.25) is 0 Å². The Balaban J connectivity index is 2.54. The minimum Gasteiger partial charge on any atom is -0.380 e. The van der Waals surface area contributed by atoms with Gasteiger partial charge in [0, 0.05) is 25.2 Å². The van der Waals surface area contributed by atoms with Crippen LogP contribution in [0.5, 0.6) is 0 Å². The van der Waals surface area contributed by atoms with Crippen LogP contribution in [0.1, 0.15) is 40.0 Å². The summed E-state index contributed by atoms with van der Waals surface area (Å²) in [5.41, 5.74) is 0.400. The summed E-state index contributed by atoms with van der Waals surface area (Å²) >= 11 is 0. The lowest BCUT2D eigenvalue weighted by molar-refractivity contribution is 0.0446. The average molecular weight is 242 g/mol. The van der Waals surface area contributed by atoms with E-state index in [2.05, 4.69) is 45.1 Å². The topological polar surface area (TPSA) is 24.5 Å². The van der Waals surface area contributed by atoms with E-state index in [0.717, 1.165) is 19.8 Å². The Morgan fingerprint density at radius 2 is 2.12 bits per heavy atom. The zero-order valence-electron chi connectivity index (χ0n) is 12.3. The van der Waals surface area contributed by atoms with Gasteiger partial charge in [0.2, 0.25) is 0 Å². The second kappa shape index (κ2) is 6.72. The fourth-order valence-corrected chi connectivity index (χ4v) is 3.19. The molecule has 0 saturated heterocycles. The number of rotatable bonds is 6. The highest BCUT2D eigenvalue weighted by Gasteiger charge is 2.39. The summed E-state index contributed by atoms with van der Waals surface area (Å²) in [7, 11) is 4.33. The average Bonchev–Trinajstić information content (AvgIpc) is 2.27. The van der Waals surface area contributed by atoms with Crippen molar-refractivity contribution in [3.05, 3.63) is 0 Å². The van der Waals surface area contributed by atoms with Crippen LogP contribution in [0.15, 0.2) is 0 Å². The number of nitrogens with one attached hydrogen (secondary N) is 1. The highest BCUT2D eigenvalue weighted by molar-refractivity contribution is 4.96. The van der Waals surface area contributed by atoms with Crippen molar-refractivity contribution in [1.82, 2.24) is 10.2 Å². The first-order valence-corrected chi connectivity index (χ1v) is 6.98. The van der Waals surface area contributed by atoms with Crippen LogP contribution in [0.3, 0.4) is 0 Å². The molecule has 0 spiro atoms. The third kappa shape index (κ3) is 3.94. The van der Waals surface area contributed by atoms with Crippen molar-refractivity contribution in [2.24, 2.45) is 5.41 Å². The minimum absolute atomic E-state index is 0.400. The summed E-state index contributed by atoms with van der Waals surface area (Å²) in [6, 6.07) is 1.23. The Kier molecular flexibility index (Phi) is 5.90. The van der Waals surface area contributed by atoms with Crippen LogP contribution in [-0.4, -0.2) is 50.8 Å². The Bertz CT molecular complexity index is 218. The Hall–Kier alpha value is -0.120. The molecule has 2 atom stereocenters. The van der Waals surface area contributed by atoms with E-state index in [1.54, 1.807) is 0 Å². The fraction of sp³-hybridized carbons (Fsp3) is 1.00. The van der Waals surface area contributed by atoms with Crippen LogP contribution in [0.25, 0.3) is 0 Å². The Morgan fingerprint density at radius 3 is 2.71 bits per heavy atom. The molecule has 0 radical (unpaired) electrons. The molecule has 1 saturated carbocycles. The summed E-state index contributed by atoms with van der Waals surface area (Å²) in [6.07, 6.45) is 3.97. The molecule has 0 bridgehead atoms. The summed E-state index contributed by atoms with van der Waals surface area (Å²) in [5.74, 6) is 0. The van der Waals surface area contributed by atoms with Crippen molar-refractivity contribution in [3.63, 3.8) is 0 Å². The van der Waals surface area contributed by atoms with Gasteiger partial charge in [0.05, 0.1) is 6.61 Å². The van der Waals surface area contributed by atoms with E-state index < -0.39 is 0 Å². The van der Waals surface area contributed by atoms with Gasteiger partial charge in [-0.3, -0.25) is 4.90 Å². The third-order valence-corrected chi connectivity index (χ3v) is 4.22. The summed E-state index contributed by atoms with van der Waals surface area (Å²) in [5, 5.41) is 3.53. The molecule has 0 amide bonds. The maximum absolute atomic E-state index is 5.45. The molecule has 1 rings (SSSR count). The zero-order chi connectivity index (χ0) is 12.9.